The lowest BCUT2D eigenvalue weighted by atomic mass is 10.1. The van der Waals surface area contributed by atoms with E-state index in [2.05, 4.69) is 23.3 Å². The molecule has 0 heterocycles. The molecular formula is C22H24N2O3. The van der Waals surface area contributed by atoms with E-state index in [9.17, 15) is 9.59 Å². The van der Waals surface area contributed by atoms with Crippen molar-refractivity contribution in [3.63, 3.8) is 0 Å². The van der Waals surface area contributed by atoms with Gasteiger partial charge in [-0.3, -0.25) is 9.59 Å². The number of benzene rings is 2. The quantitative estimate of drug-likeness (QED) is 0.738. The zero-order chi connectivity index (χ0) is 19.2. The molecular weight excluding hydrogens is 340 g/mol. The molecule has 140 valence electrons. The second kappa shape index (κ2) is 8.54. The highest BCUT2D eigenvalue weighted by Crippen LogP contribution is 2.36. The zero-order valence-electron chi connectivity index (χ0n) is 15.5. The van der Waals surface area contributed by atoms with Crippen molar-refractivity contribution >= 4 is 17.5 Å². The number of rotatable bonds is 7. The van der Waals surface area contributed by atoms with E-state index in [1.807, 2.05) is 36.4 Å². The fourth-order valence-electron chi connectivity index (χ4n) is 3.43. The number of nitrogens with one attached hydrogen (secondary N) is 2. The number of carbonyl (C=O) groups is 2. The predicted molar refractivity (Wildman–Crippen MR) is 106 cm³/mol. The highest BCUT2D eigenvalue weighted by molar-refractivity contribution is 5.98. The van der Waals surface area contributed by atoms with Crippen LogP contribution in [-0.4, -0.2) is 18.9 Å². The number of ether oxygens (including phenoxy) is 1. The van der Waals surface area contributed by atoms with Crippen LogP contribution in [-0.2, 0) is 22.4 Å². The van der Waals surface area contributed by atoms with Crippen LogP contribution in [0.15, 0.2) is 55.1 Å². The number of hydrogen-bond donors (Lipinski definition) is 2. The van der Waals surface area contributed by atoms with Crippen LogP contribution in [0.5, 0.6) is 5.75 Å². The van der Waals surface area contributed by atoms with Crippen LogP contribution < -0.4 is 15.4 Å². The third-order valence-corrected chi connectivity index (χ3v) is 4.83. The van der Waals surface area contributed by atoms with Gasteiger partial charge in [-0.05, 0) is 60.2 Å². The summed E-state index contributed by atoms with van der Waals surface area (Å²) < 4.78 is 5.41. The number of carbonyl (C=O) groups excluding carboxylic acids is 2. The van der Waals surface area contributed by atoms with E-state index < -0.39 is 0 Å². The Labute approximate surface area is 159 Å². The molecule has 3 rings (SSSR count). The summed E-state index contributed by atoms with van der Waals surface area (Å²) in [5.74, 6) is 0.697. The van der Waals surface area contributed by atoms with E-state index >= 15 is 0 Å². The largest absolute Gasteiger partial charge is 0.496 e. The number of amides is 2. The molecule has 0 saturated heterocycles. The van der Waals surface area contributed by atoms with Crippen LogP contribution in [0.2, 0.25) is 0 Å². The first kappa shape index (κ1) is 18.7. The van der Waals surface area contributed by atoms with Crippen LogP contribution in [0.4, 0.5) is 5.69 Å². The van der Waals surface area contributed by atoms with E-state index in [1.54, 1.807) is 7.11 Å². The molecule has 1 unspecified atom stereocenters. The van der Waals surface area contributed by atoms with Gasteiger partial charge in [0.25, 0.3) is 0 Å². The molecule has 5 heteroatoms. The molecule has 2 N–H and O–H groups in total. The Hall–Kier alpha value is -3.08. The van der Waals surface area contributed by atoms with Crippen molar-refractivity contribution in [2.45, 2.75) is 31.7 Å². The van der Waals surface area contributed by atoms with Gasteiger partial charge in [-0.15, -0.1) is 0 Å². The maximum absolute atomic E-state index is 12.4. The molecule has 0 bridgehead atoms. The Morgan fingerprint density at radius 3 is 2.70 bits per heavy atom. The van der Waals surface area contributed by atoms with Crippen LogP contribution in [0.1, 0.15) is 35.6 Å². The van der Waals surface area contributed by atoms with E-state index in [-0.39, 0.29) is 17.9 Å². The smallest absolute Gasteiger partial charge is 0.247 e. The zero-order valence-corrected chi connectivity index (χ0v) is 15.5. The average Bonchev–Trinajstić information content (AvgIpc) is 3.10. The number of fused-ring (bicyclic) bond motifs is 1. The van der Waals surface area contributed by atoms with Gasteiger partial charge in [-0.1, -0.05) is 30.8 Å². The molecule has 0 aliphatic heterocycles. The Balaban J connectivity index is 1.53. The van der Waals surface area contributed by atoms with Crippen molar-refractivity contribution in [1.82, 2.24) is 5.32 Å². The van der Waals surface area contributed by atoms with Gasteiger partial charge < -0.3 is 15.4 Å². The van der Waals surface area contributed by atoms with Gasteiger partial charge in [0.05, 0.1) is 13.2 Å². The molecule has 0 saturated carbocycles. The van der Waals surface area contributed by atoms with Crippen molar-refractivity contribution < 1.29 is 14.3 Å². The van der Waals surface area contributed by atoms with Crippen LogP contribution in [0.3, 0.4) is 0 Å². The lowest BCUT2D eigenvalue weighted by Gasteiger charge is -2.15. The Bertz CT molecular complexity index is 843. The Kier molecular flexibility index (Phi) is 5.91. The van der Waals surface area contributed by atoms with Gasteiger partial charge in [-0.25, -0.2) is 0 Å². The van der Waals surface area contributed by atoms with Crippen molar-refractivity contribution in [3.8, 4) is 5.75 Å². The van der Waals surface area contributed by atoms with Gasteiger partial charge in [0.2, 0.25) is 11.8 Å². The summed E-state index contributed by atoms with van der Waals surface area (Å²) in [7, 11) is 1.68. The lowest BCUT2D eigenvalue weighted by Crippen LogP contribution is -2.27. The first-order chi connectivity index (χ1) is 13.1. The molecule has 0 spiro atoms. The fraction of sp³-hybridized carbons (Fsp3) is 0.273. The minimum Gasteiger partial charge on any atom is -0.496 e. The molecule has 1 aliphatic carbocycles. The minimum absolute atomic E-state index is 0.0414. The molecule has 2 aromatic rings. The SMILES string of the molecule is C=CC(=O)Nc1ccc(CCC(=O)NC2CCc3c(OC)cccc32)cc1. The minimum atomic E-state index is -0.240. The van der Waals surface area contributed by atoms with Crippen molar-refractivity contribution in [1.29, 1.82) is 0 Å². The van der Waals surface area contributed by atoms with Gasteiger partial charge in [-0.2, -0.15) is 0 Å². The molecule has 1 aliphatic rings. The van der Waals surface area contributed by atoms with E-state index in [4.69, 9.17) is 4.74 Å². The van der Waals surface area contributed by atoms with E-state index in [1.165, 1.54) is 11.6 Å². The normalized spacial score (nSPS) is 14.9. The van der Waals surface area contributed by atoms with Crippen molar-refractivity contribution in [3.05, 3.63) is 71.8 Å². The summed E-state index contributed by atoms with van der Waals surface area (Å²) in [5, 5.41) is 5.84. The molecule has 0 aromatic heterocycles. The number of aryl methyl sites for hydroxylation is 1. The van der Waals surface area contributed by atoms with Gasteiger partial charge >= 0.3 is 0 Å². The number of methoxy groups -OCH3 is 1. The third-order valence-electron chi connectivity index (χ3n) is 4.83. The molecule has 0 fully saturated rings. The monoisotopic (exact) mass is 364 g/mol. The Morgan fingerprint density at radius 1 is 1.22 bits per heavy atom. The predicted octanol–water partition coefficient (Wildman–Crippen LogP) is 3.56. The standard InChI is InChI=1S/C22H24N2O3/c1-3-21(25)23-16-10-7-15(8-11-16)9-14-22(26)24-19-13-12-18-17(19)5-4-6-20(18)27-2/h3-8,10-11,19H,1,9,12-14H2,2H3,(H,23,25)(H,24,26). The lowest BCUT2D eigenvalue weighted by molar-refractivity contribution is -0.121. The molecule has 0 radical (unpaired) electrons. The summed E-state index contributed by atoms with van der Waals surface area (Å²) in [6, 6.07) is 13.5. The topological polar surface area (TPSA) is 67.4 Å². The maximum Gasteiger partial charge on any atom is 0.247 e. The first-order valence-electron chi connectivity index (χ1n) is 9.08. The molecule has 2 aromatic carbocycles. The molecule has 1 atom stereocenters. The first-order valence-corrected chi connectivity index (χ1v) is 9.08. The number of hydrogen-bond acceptors (Lipinski definition) is 3. The van der Waals surface area contributed by atoms with Gasteiger partial charge in [0.1, 0.15) is 5.75 Å². The van der Waals surface area contributed by atoms with Crippen LogP contribution in [0, 0.1) is 0 Å². The molecule has 27 heavy (non-hydrogen) atoms. The van der Waals surface area contributed by atoms with Crippen molar-refractivity contribution in [2.75, 3.05) is 12.4 Å². The number of anilines is 1. The summed E-state index contributed by atoms with van der Waals surface area (Å²) in [6.45, 7) is 3.43. The van der Waals surface area contributed by atoms with Crippen LogP contribution >= 0.6 is 0 Å². The highest BCUT2D eigenvalue weighted by Gasteiger charge is 2.26. The fourth-order valence-corrected chi connectivity index (χ4v) is 3.43. The van der Waals surface area contributed by atoms with E-state index in [0.717, 1.165) is 29.7 Å². The highest BCUT2D eigenvalue weighted by atomic mass is 16.5. The van der Waals surface area contributed by atoms with Crippen LogP contribution in [0.25, 0.3) is 0 Å². The molecule has 5 nitrogen and oxygen atoms in total. The summed E-state index contributed by atoms with van der Waals surface area (Å²) in [6.07, 6.45) is 4.13. The second-order valence-electron chi connectivity index (χ2n) is 6.58. The van der Waals surface area contributed by atoms with E-state index in [0.29, 0.717) is 18.5 Å². The summed E-state index contributed by atoms with van der Waals surface area (Å²) in [4.78, 5) is 23.7. The summed E-state index contributed by atoms with van der Waals surface area (Å²) in [5.41, 5.74) is 4.12. The second-order valence-corrected chi connectivity index (χ2v) is 6.58. The molecule has 2 amide bonds. The third kappa shape index (κ3) is 4.56. The maximum atomic E-state index is 12.4. The van der Waals surface area contributed by atoms with Gasteiger partial charge in [0.15, 0.2) is 0 Å². The average molecular weight is 364 g/mol. The summed E-state index contributed by atoms with van der Waals surface area (Å²) >= 11 is 0. The Morgan fingerprint density at radius 2 is 2.00 bits per heavy atom. The van der Waals surface area contributed by atoms with Crippen molar-refractivity contribution in [2.24, 2.45) is 0 Å². The van der Waals surface area contributed by atoms with Gasteiger partial charge in [0, 0.05) is 12.1 Å².